The van der Waals surface area contributed by atoms with E-state index in [9.17, 15) is 0 Å². The fourth-order valence-corrected chi connectivity index (χ4v) is 4.01. The second-order valence-electron chi connectivity index (χ2n) is 6.24. The van der Waals surface area contributed by atoms with Gasteiger partial charge in [-0.05, 0) is 49.4 Å². The summed E-state index contributed by atoms with van der Waals surface area (Å²) in [6.07, 6.45) is 9.91. The molecule has 3 aliphatic rings. The van der Waals surface area contributed by atoms with Crippen LogP contribution in [0.25, 0.3) is 0 Å². The molecule has 2 atom stereocenters. The van der Waals surface area contributed by atoms with Crippen molar-refractivity contribution in [3.05, 3.63) is 0 Å². The highest BCUT2D eigenvalue weighted by Crippen LogP contribution is 2.70. The molecule has 2 saturated carbocycles. The van der Waals surface area contributed by atoms with Gasteiger partial charge >= 0.3 is 0 Å². The van der Waals surface area contributed by atoms with E-state index >= 15 is 0 Å². The van der Waals surface area contributed by atoms with Crippen molar-refractivity contribution in [1.29, 1.82) is 0 Å². The van der Waals surface area contributed by atoms with E-state index in [-0.39, 0.29) is 0 Å². The summed E-state index contributed by atoms with van der Waals surface area (Å²) in [6.45, 7) is 5.92. The monoisotopic (exact) mass is 194 g/mol. The maximum atomic E-state index is 5.70. The lowest BCUT2D eigenvalue weighted by molar-refractivity contribution is 0.0279. The second-order valence-corrected chi connectivity index (χ2v) is 6.24. The van der Waals surface area contributed by atoms with Gasteiger partial charge in [0.25, 0.3) is 0 Å². The van der Waals surface area contributed by atoms with E-state index in [1.165, 1.54) is 44.9 Å². The summed E-state index contributed by atoms with van der Waals surface area (Å²) in [4.78, 5) is 0. The van der Waals surface area contributed by atoms with E-state index in [2.05, 4.69) is 13.8 Å². The Labute approximate surface area is 87.2 Å². The molecule has 1 nitrogen and oxygen atoms in total. The first kappa shape index (κ1) is 9.21. The summed E-state index contributed by atoms with van der Waals surface area (Å²) in [7, 11) is 0. The maximum absolute atomic E-state index is 5.70. The third kappa shape index (κ3) is 1.11. The van der Waals surface area contributed by atoms with E-state index in [0.29, 0.717) is 11.0 Å². The molecule has 0 aromatic rings. The molecule has 1 heteroatoms. The maximum Gasteiger partial charge on any atom is 0.0922 e. The van der Waals surface area contributed by atoms with Gasteiger partial charge < -0.3 is 4.74 Å². The molecular weight excluding hydrogens is 172 g/mol. The first-order valence-corrected chi connectivity index (χ1v) is 6.28. The molecule has 3 fully saturated rings. The highest BCUT2D eigenvalue weighted by atomic mass is 16.6. The highest BCUT2D eigenvalue weighted by molar-refractivity contribution is 5.14. The standard InChI is InChI=1S/C13H22O/c1-3-4-11(2)9-13(10-14-13)8-7-12(11)5-6-12/h3-10H2,1-2H3. The van der Waals surface area contributed by atoms with Crippen molar-refractivity contribution in [2.45, 2.75) is 64.4 Å². The molecule has 0 N–H and O–H groups in total. The SMILES string of the molecule is CCCC1(C)CC2(CCC13CC3)CO2. The van der Waals surface area contributed by atoms with Crippen LogP contribution in [0.3, 0.4) is 0 Å². The average molecular weight is 194 g/mol. The highest BCUT2D eigenvalue weighted by Gasteiger charge is 2.64. The predicted octanol–water partition coefficient (Wildman–Crippen LogP) is 3.53. The average Bonchev–Trinajstić information content (AvgIpc) is 2.96. The molecule has 3 rings (SSSR count). The lowest BCUT2D eigenvalue weighted by Crippen LogP contribution is -2.40. The van der Waals surface area contributed by atoms with Crippen molar-refractivity contribution in [2.75, 3.05) is 6.61 Å². The summed E-state index contributed by atoms with van der Waals surface area (Å²) < 4.78 is 5.70. The van der Waals surface area contributed by atoms with E-state index in [0.717, 1.165) is 12.0 Å². The summed E-state index contributed by atoms with van der Waals surface area (Å²) >= 11 is 0. The molecule has 0 aromatic heterocycles. The van der Waals surface area contributed by atoms with Crippen LogP contribution >= 0.6 is 0 Å². The lowest BCUT2D eigenvalue weighted by atomic mass is 9.59. The molecule has 14 heavy (non-hydrogen) atoms. The van der Waals surface area contributed by atoms with Gasteiger partial charge in [-0.1, -0.05) is 20.3 Å². The van der Waals surface area contributed by atoms with Crippen molar-refractivity contribution in [1.82, 2.24) is 0 Å². The summed E-state index contributed by atoms with van der Waals surface area (Å²) in [5.74, 6) is 0. The molecule has 2 aliphatic carbocycles. The van der Waals surface area contributed by atoms with Crippen molar-refractivity contribution < 1.29 is 4.74 Å². The van der Waals surface area contributed by atoms with E-state index in [1.54, 1.807) is 0 Å². The van der Waals surface area contributed by atoms with Gasteiger partial charge in [-0.15, -0.1) is 0 Å². The van der Waals surface area contributed by atoms with Gasteiger partial charge in [0.1, 0.15) is 0 Å². The van der Waals surface area contributed by atoms with Crippen molar-refractivity contribution >= 4 is 0 Å². The van der Waals surface area contributed by atoms with Crippen LogP contribution in [-0.4, -0.2) is 12.2 Å². The van der Waals surface area contributed by atoms with Crippen LogP contribution in [0.15, 0.2) is 0 Å². The molecule has 0 bridgehead atoms. The number of epoxide rings is 1. The molecule has 1 aliphatic heterocycles. The third-order valence-corrected chi connectivity index (χ3v) is 5.26. The second kappa shape index (κ2) is 2.55. The molecule has 1 heterocycles. The Balaban J connectivity index is 1.82. The summed E-state index contributed by atoms with van der Waals surface area (Å²) in [5.41, 5.74) is 1.72. The molecule has 1 saturated heterocycles. The smallest absolute Gasteiger partial charge is 0.0922 e. The van der Waals surface area contributed by atoms with Gasteiger partial charge in [-0.2, -0.15) is 0 Å². The molecule has 0 aromatic carbocycles. The number of rotatable bonds is 2. The van der Waals surface area contributed by atoms with Gasteiger partial charge in [0.15, 0.2) is 0 Å². The molecule has 0 amide bonds. The Morgan fingerprint density at radius 3 is 2.29 bits per heavy atom. The summed E-state index contributed by atoms with van der Waals surface area (Å²) in [6, 6.07) is 0. The molecule has 2 unspecified atom stereocenters. The van der Waals surface area contributed by atoms with Crippen LogP contribution in [0, 0.1) is 10.8 Å². The van der Waals surface area contributed by atoms with Gasteiger partial charge in [-0.25, -0.2) is 0 Å². The van der Waals surface area contributed by atoms with Crippen LogP contribution in [0.5, 0.6) is 0 Å². The van der Waals surface area contributed by atoms with Crippen LogP contribution in [0.1, 0.15) is 58.8 Å². The minimum absolute atomic E-state index is 0.359. The number of ether oxygens (including phenoxy) is 1. The van der Waals surface area contributed by atoms with Crippen molar-refractivity contribution in [3.63, 3.8) is 0 Å². The van der Waals surface area contributed by atoms with Crippen molar-refractivity contribution in [2.24, 2.45) is 10.8 Å². The van der Waals surface area contributed by atoms with Gasteiger partial charge in [0.2, 0.25) is 0 Å². The van der Waals surface area contributed by atoms with E-state index in [1.807, 2.05) is 0 Å². The first-order chi connectivity index (χ1) is 6.64. The molecule has 2 spiro atoms. The zero-order chi connectivity index (χ0) is 9.86. The van der Waals surface area contributed by atoms with E-state index < -0.39 is 0 Å². The zero-order valence-corrected chi connectivity index (χ0v) is 9.57. The first-order valence-electron chi connectivity index (χ1n) is 6.28. The fourth-order valence-electron chi connectivity index (χ4n) is 4.01. The molecule has 0 radical (unpaired) electrons. The van der Waals surface area contributed by atoms with E-state index in [4.69, 9.17) is 4.74 Å². The topological polar surface area (TPSA) is 12.5 Å². The molecule has 80 valence electrons. The largest absolute Gasteiger partial charge is 0.370 e. The Bertz CT molecular complexity index is 250. The third-order valence-electron chi connectivity index (χ3n) is 5.26. The van der Waals surface area contributed by atoms with Gasteiger partial charge in [0, 0.05) is 0 Å². The van der Waals surface area contributed by atoms with Crippen LogP contribution in [0.2, 0.25) is 0 Å². The fraction of sp³-hybridized carbons (Fsp3) is 1.00. The lowest BCUT2D eigenvalue weighted by Gasteiger charge is -2.45. The normalized spacial score (nSPS) is 48.4. The van der Waals surface area contributed by atoms with Crippen molar-refractivity contribution in [3.8, 4) is 0 Å². The Morgan fingerprint density at radius 1 is 1.14 bits per heavy atom. The minimum atomic E-state index is 0.359. The van der Waals surface area contributed by atoms with Crippen LogP contribution < -0.4 is 0 Å². The summed E-state index contributed by atoms with van der Waals surface area (Å²) in [5, 5.41) is 0. The van der Waals surface area contributed by atoms with Gasteiger partial charge in [-0.3, -0.25) is 0 Å². The Morgan fingerprint density at radius 2 is 1.79 bits per heavy atom. The quantitative estimate of drug-likeness (QED) is 0.613. The van der Waals surface area contributed by atoms with Crippen LogP contribution in [0.4, 0.5) is 0 Å². The number of hydrogen-bond donors (Lipinski definition) is 0. The number of hydrogen-bond acceptors (Lipinski definition) is 1. The van der Waals surface area contributed by atoms with Crippen LogP contribution in [-0.2, 0) is 4.74 Å². The zero-order valence-electron chi connectivity index (χ0n) is 9.57. The Hall–Kier alpha value is -0.0400. The Kier molecular flexibility index (Phi) is 1.68. The molecular formula is C13H22O. The minimum Gasteiger partial charge on any atom is -0.370 e. The van der Waals surface area contributed by atoms with Gasteiger partial charge in [0.05, 0.1) is 12.2 Å². The predicted molar refractivity (Wildman–Crippen MR) is 57.2 cm³/mol.